The van der Waals surface area contributed by atoms with Crippen LogP contribution in [0, 0.1) is 0 Å². The summed E-state index contributed by atoms with van der Waals surface area (Å²) >= 11 is 1.78. The van der Waals surface area contributed by atoms with Gasteiger partial charge in [0.25, 0.3) is 0 Å². The van der Waals surface area contributed by atoms with Gasteiger partial charge in [-0.2, -0.15) is 0 Å². The van der Waals surface area contributed by atoms with E-state index in [1.165, 1.54) is 48.9 Å². The Bertz CT molecular complexity index is 3440. The highest BCUT2D eigenvalue weighted by molar-refractivity contribution is 7.21. The van der Waals surface area contributed by atoms with Crippen LogP contribution in [0.25, 0.3) is 105 Å². The van der Waals surface area contributed by atoms with Gasteiger partial charge in [-0.05, 0) is 81.9 Å². The first-order chi connectivity index (χ1) is 30.0. The highest BCUT2D eigenvalue weighted by Crippen LogP contribution is 2.52. The Morgan fingerprint density at radius 3 is 1.70 bits per heavy atom. The molecule has 0 aliphatic heterocycles. The lowest BCUT2D eigenvalue weighted by atomic mass is 9.82. The summed E-state index contributed by atoms with van der Waals surface area (Å²) in [4.78, 5) is 20.1. The predicted octanol–water partition coefficient (Wildman–Crippen LogP) is 14.2. The molecule has 5 nitrogen and oxygen atoms in total. The van der Waals surface area contributed by atoms with Crippen molar-refractivity contribution in [2.24, 2.45) is 0 Å². The number of aromatic nitrogens is 5. The molecule has 3 heterocycles. The van der Waals surface area contributed by atoms with Crippen LogP contribution in [0.3, 0.4) is 0 Å². The quantitative estimate of drug-likeness (QED) is 0.168. The summed E-state index contributed by atoms with van der Waals surface area (Å²) in [5, 5.41) is 3.47. The van der Waals surface area contributed by atoms with Crippen molar-refractivity contribution in [3.63, 3.8) is 0 Å². The van der Waals surface area contributed by atoms with Crippen LogP contribution in [0.2, 0.25) is 0 Å². The molecule has 0 fully saturated rings. The van der Waals surface area contributed by atoms with Gasteiger partial charge in [0.15, 0.2) is 17.5 Å². The lowest BCUT2D eigenvalue weighted by Gasteiger charge is -2.21. The van der Waals surface area contributed by atoms with Crippen LogP contribution >= 0.6 is 11.3 Å². The summed E-state index contributed by atoms with van der Waals surface area (Å²) < 4.78 is 3.59. The maximum absolute atomic E-state index is 5.11. The minimum absolute atomic E-state index is 0.117. The first-order valence-corrected chi connectivity index (χ1v) is 21.4. The van der Waals surface area contributed by atoms with Gasteiger partial charge in [0.1, 0.15) is 5.01 Å². The lowest BCUT2D eigenvalue weighted by molar-refractivity contribution is 0.661. The molecule has 0 radical (unpaired) electrons. The minimum Gasteiger partial charge on any atom is -0.309 e. The highest BCUT2D eigenvalue weighted by Gasteiger charge is 2.36. The van der Waals surface area contributed by atoms with Crippen LogP contribution < -0.4 is 0 Å². The average molecular weight is 800 g/mol. The smallest absolute Gasteiger partial charge is 0.164 e. The maximum Gasteiger partial charge on any atom is 0.164 e. The summed E-state index contributed by atoms with van der Waals surface area (Å²) in [7, 11) is 0. The molecule has 0 atom stereocenters. The summed E-state index contributed by atoms with van der Waals surface area (Å²) in [5.41, 5.74) is 15.9. The Kier molecular flexibility index (Phi) is 7.99. The molecule has 61 heavy (non-hydrogen) atoms. The van der Waals surface area contributed by atoms with E-state index < -0.39 is 0 Å². The van der Waals surface area contributed by atoms with E-state index in [9.17, 15) is 0 Å². The topological polar surface area (TPSA) is 56.5 Å². The molecular formula is C55H37N5S. The van der Waals surface area contributed by atoms with Crippen LogP contribution in [-0.4, -0.2) is 24.5 Å². The molecule has 0 spiro atoms. The van der Waals surface area contributed by atoms with E-state index in [-0.39, 0.29) is 5.41 Å². The molecule has 0 saturated carbocycles. The maximum atomic E-state index is 5.11. The molecule has 8 aromatic carbocycles. The molecule has 0 saturated heterocycles. The molecule has 288 valence electrons. The van der Waals surface area contributed by atoms with E-state index in [2.05, 4.69) is 146 Å². The summed E-state index contributed by atoms with van der Waals surface area (Å²) in [6.07, 6.45) is 0. The first kappa shape index (κ1) is 35.4. The number of benzene rings is 8. The number of hydrogen-bond donors (Lipinski definition) is 0. The Labute approximate surface area is 357 Å². The molecule has 6 heteroatoms. The fourth-order valence-corrected chi connectivity index (χ4v) is 10.2. The van der Waals surface area contributed by atoms with E-state index in [4.69, 9.17) is 19.9 Å². The van der Waals surface area contributed by atoms with Gasteiger partial charge in [0.2, 0.25) is 0 Å². The van der Waals surface area contributed by atoms with Crippen LogP contribution in [0.15, 0.2) is 188 Å². The molecule has 12 rings (SSSR count). The summed E-state index contributed by atoms with van der Waals surface area (Å²) in [6, 6.07) is 66.6. The zero-order valence-electron chi connectivity index (χ0n) is 33.5. The largest absolute Gasteiger partial charge is 0.309 e. The summed E-state index contributed by atoms with van der Waals surface area (Å²) in [6.45, 7) is 4.70. The van der Waals surface area contributed by atoms with Crippen molar-refractivity contribution in [1.29, 1.82) is 0 Å². The van der Waals surface area contributed by atoms with E-state index in [0.717, 1.165) is 49.5 Å². The molecule has 0 unspecified atom stereocenters. The molecule has 1 aliphatic carbocycles. The van der Waals surface area contributed by atoms with Crippen molar-refractivity contribution in [2.45, 2.75) is 19.3 Å². The van der Waals surface area contributed by atoms with Gasteiger partial charge in [-0.25, -0.2) is 19.9 Å². The number of hydrogen-bond acceptors (Lipinski definition) is 5. The van der Waals surface area contributed by atoms with Crippen molar-refractivity contribution in [1.82, 2.24) is 24.5 Å². The van der Waals surface area contributed by atoms with E-state index >= 15 is 0 Å². The van der Waals surface area contributed by atoms with Crippen LogP contribution in [-0.2, 0) is 5.41 Å². The molecule has 1 aliphatic rings. The molecule has 0 amide bonds. The predicted molar refractivity (Wildman–Crippen MR) is 252 cm³/mol. The Hall–Kier alpha value is -7.54. The number of para-hydroxylation sites is 1. The van der Waals surface area contributed by atoms with Crippen molar-refractivity contribution >= 4 is 43.4 Å². The van der Waals surface area contributed by atoms with Crippen molar-refractivity contribution < 1.29 is 0 Å². The van der Waals surface area contributed by atoms with Gasteiger partial charge in [-0.3, -0.25) is 0 Å². The Balaban J connectivity index is 0.959. The second-order valence-electron chi connectivity index (χ2n) is 16.3. The minimum atomic E-state index is -0.117. The Morgan fingerprint density at radius 1 is 0.410 bits per heavy atom. The van der Waals surface area contributed by atoms with E-state index in [1.54, 1.807) is 11.3 Å². The monoisotopic (exact) mass is 799 g/mol. The Morgan fingerprint density at radius 2 is 0.984 bits per heavy atom. The second kappa shape index (κ2) is 13.8. The van der Waals surface area contributed by atoms with Gasteiger partial charge in [-0.1, -0.05) is 153 Å². The van der Waals surface area contributed by atoms with Gasteiger partial charge in [0, 0.05) is 44.1 Å². The molecule has 0 bridgehead atoms. The van der Waals surface area contributed by atoms with Crippen molar-refractivity contribution in [3.05, 3.63) is 199 Å². The standard InChI is InChI=1S/C55H37N5S/c1-55(2)45-27-25-37(30-42(45)43-32-47-50(33-46(43)55)61-54(56-47)36-19-10-5-11-20-36)38-26-28-49-44(31-38)41-23-12-13-24-48(41)60(49)40-22-14-21-39(29-40)53-58-51(34-15-6-3-7-16-34)57-52(59-53)35-17-8-4-9-18-35/h3-33H,1-2H3. The third-order valence-electron chi connectivity index (χ3n) is 12.3. The SMILES string of the molecule is CC1(C)c2ccc(-c3ccc4c(c3)c3ccccc3n4-c3cccc(-c4nc(-c5ccccc5)nc(-c5ccccc5)n4)c3)cc2-c2cc3nc(-c4ccccc4)sc3cc21. The first-order valence-electron chi connectivity index (χ1n) is 20.6. The molecule has 3 aromatic heterocycles. The van der Waals surface area contributed by atoms with E-state index in [0.29, 0.717) is 17.5 Å². The third kappa shape index (κ3) is 5.82. The zero-order chi connectivity index (χ0) is 40.7. The van der Waals surface area contributed by atoms with Gasteiger partial charge in [-0.15, -0.1) is 11.3 Å². The fourth-order valence-electron chi connectivity index (χ4n) is 9.21. The van der Waals surface area contributed by atoms with Crippen molar-refractivity contribution in [3.8, 4) is 72.7 Å². The highest BCUT2D eigenvalue weighted by atomic mass is 32.1. The van der Waals surface area contributed by atoms with Gasteiger partial charge < -0.3 is 4.57 Å². The van der Waals surface area contributed by atoms with Crippen molar-refractivity contribution in [2.75, 3.05) is 0 Å². The fraction of sp³-hybridized carbons (Fsp3) is 0.0545. The summed E-state index contributed by atoms with van der Waals surface area (Å²) in [5.74, 6) is 1.92. The number of fused-ring (bicyclic) bond motifs is 7. The van der Waals surface area contributed by atoms with Crippen LogP contribution in [0.1, 0.15) is 25.0 Å². The normalized spacial score (nSPS) is 12.9. The molecule has 11 aromatic rings. The van der Waals surface area contributed by atoms with Gasteiger partial charge >= 0.3 is 0 Å². The molecular weight excluding hydrogens is 763 g/mol. The van der Waals surface area contributed by atoms with Crippen LogP contribution in [0.5, 0.6) is 0 Å². The molecule has 0 N–H and O–H groups in total. The third-order valence-corrected chi connectivity index (χ3v) is 13.3. The van der Waals surface area contributed by atoms with Gasteiger partial charge in [0.05, 0.1) is 21.3 Å². The number of nitrogens with zero attached hydrogens (tertiary/aromatic N) is 5. The van der Waals surface area contributed by atoms with Crippen LogP contribution in [0.4, 0.5) is 0 Å². The number of rotatable bonds is 6. The van der Waals surface area contributed by atoms with E-state index in [1.807, 2.05) is 60.7 Å². The average Bonchev–Trinajstić information content (AvgIpc) is 3.96. The second-order valence-corrected chi connectivity index (χ2v) is 17.3. The zero-order valence-corrected chi connectivity index (χ0v) is 34.4. The number of thiazole rings is 1. The lowest BCUT2D eigenvalue weighted by Crippen LogP contribution is -2.14.